The number of aromatic nitrogens is 5. The number of nitrogens with two attached hydrogens (primary N) is 2. The monoisotopic (exact) mass is 554 g/mol. The lowest BCUT2D eigenvalue weighted by Gasteiger charge is -2.49. The quantitative estimate of drug-likeness (QED) is 0.0687. The molecule has 0 aromatic carbocycles. The number of anilines is 1. The summed E-state index contributed by atoms with van der Waals surface area (Å²) in [5, 5.41) is 28.6. The fraction of sp³-hybridized carbons (Fsp3) is 0.444. The Labute approximate surface area is 216 Å². The number of thiazole rings is 1. The van der Waals surface area contributed by atoms with Crippen LogP contribution in [0, 0.1) is 0 Å². The summed E-state index contributed by atoms with van der Waals surface area (Å²) in [6, 6.07) is -0.945. The summed E-state index contributed by atoms with van der Waals surface area (Å²) in [6.45, 7) is 2.30. The minimum absolute atomic E-state index is 0.114. The van der Waals surface area contributed by atoms with Crippen molar-refractivity contribution in [1.29, 1.82) is 0 Å². The third-order valence-corrected chi connectivity index (χ3v) is 8.13. The second kappa shape index (κ2) is 11.1. The van der Waals surface area contributed by atoms with E-state index in [0.717, 1.165) is 40.7 Å². The molecule has 4 heterocycles. The number of carboxylic acid groups (broad SMARTS) is 1. The SMILES string of the molecule is CCCCO/N=C(/C(=O)N[C@@H]1C(=O)N2C(C(=O)O)=C(CSc3nnnn3N)CS[C@H]12)c1csc(N)n1. The van der Waals surface area contributed by atoms with Crippen molar-refractivity contribution < 1.29 is 24.3 Å². The van der Waals surface area contributed by atoms with E-state index in [1.54, 1.807) is 5.38 Å². The number of rotatable bonds is 11. The van der Waals surface area contributed by atoms with Gasteiger partial charge in [-0.2, -0.15) is 0 Å². The van der Waals surface area contributed by atoms with Gasteiger partial charge in [0.1, 0.15) is 29.4 Å². The summed E-state index contributed by atoms with van der Waals surface area (Å²) in [6.07, 6.45) is 1.63. The average Bonchev–Trinajstić information content (AvgIpc) is 3.47. The number of thioether (sulfide) groups is 2. The maximum absolute atomic E-state index is 13.0. The van der Waals surface area contributed by atoms with Crippen LogP contribution in [0.15, 0.2) is 27.0 Å². The number of nitrogen functional groups attached to an aromatic ring is 2. The number of hydrogen-bond acceptors (Lipinski definition) is 14. The van der Waals surface area contributed by atoms with Gasteiger partial charge in [-0.15, -0.1) is 27.9 Å². The first-order valence-electron chi connectivity index (χ1n) is 10.6. The summed E-state index contributed by atoms with van der Waals surface area (Å²) in [4.78, 5) is 49.6. The zero-order valence-electron chi connectivity index (χ0n) is 18.9. The smallest absolute Gasteiger partial charge is 0.352 e. The molecule has 0 bridgehead atoms. The molecule has 2 aromatic rings. The van der Waals surface area contributed by atoms with Crippen LogP contribution in [0.2, 0.25) is 0 Å². The summed E-state index contributed by atoms with van der Waals surface area (Å²) in [5.41, 5.74) is 6.19. The number of fused-ring (bicyclic) bond motifs is 1. The van der Waals surface area contributed by atoms with Crippen molar-refractivity contribution in [2.45, 2.75) is 36.3 Å². The lowest BCUT2D eigenvalue weighted by atomic mass is 10.0. The Balaban J connectivity index is 1.48. The molecule has 0 aliphatic carbocycles. The second-order valence-electron chi connectivity index (χ2n) is 7.51. The second-order valence-corrected chi connectivity index (χ2v) is 10.4. The molecule has 2 aliphatic rings. The van der Waals surface area contributed by atoms with Crippen LogP contribution in [0.3, 0.4) is 0 Å². The number of oxime groups is 1. The summed E-state index contributed by atoms with van der Waals surface area (Å²) in [7, 11) is 0. The molecule has 18 heteroatoms. The van der Waals surface area contributed by atoms with Crippen LogP contribution in [-0.4, -0.2) is 88.3 Å². The van der Waals surface area contributed by atoms with E-state index < -0.39 is 29.2 Å². The third-order valence-electron chi connectivity index (χ3n) is 5.10. The molecule has 4 rings (SSSR count). The van der Waals surface area contributed by atoms with Gasteiger partial charge < -0.3 is 26.8 Å². The van der Waals surface area contributed by atoms with Crippen LogP contribution in [-0.2, 0) is 19.2 Å². The predicted octanol–water partition coefficient (Wildman–Crippen LogP) is -0.523. The van der Waals surface area contributed by atoms with E-state index >= 15 is 0 Å². The first kappa shape index (κ1) is 25.7. The normalized spacial score (nSPS) is 19.6. The van der Waals surface area contributed by atoms with Crippen molar-refractivity contribution >= 4 is 63.5 Å². The van der Waals surface area contributed by atoms with Crippen LogP contribution in [0.4, 0.5) is 5.13 Å². The number of hydrogen-bond donors (Lipinski definition) is 4. The molecule has 192 valence electrons. The Hall–Kier alpha value is -3.38. The zero-order valence-corrected chi connectivity index (χ0v) is 21.3. The molecule has 1 fully saturated rings. The minimum atomic E-state index is -1.24. The average molecular weight is 555 g/mol. The molecule has 0 unspecified atom stereocenters. The number of nitrogens with zero attached hydrogens (tertiary/aromatic N) is 7. The molecule has 15 nitrogen and oxygen atoms in total. The Morgan fingerprint density at radius 1 is 1.44 bits per heavy atom. The number of unbranched alkanes of at least 4 members (excludes halogenated alkanes) is 1. The molecule has 2 aromatic heterocycles. The maximum Gasteiger partial charge on any atom is 0.352 e. The van der Waals surface area contributed by atoms with Gasteiger partial charge in [0, 0.05) is 16.9 Å². The molecule has 2 amide bonds. The van der Waals surface area contributed by atoms with E-state index in [1.165, 1.54) is 16.7 Å². The van der Waals surface area contributed by atoms with E-state index in [-0.39, 0.29) is 28.0 Å². The van der Waals surface area contributed by atoms with Crippen molar-refractivity contribution in [1.82, 2.24) is 35.5 Å². The Bertz CT molecular complexity index is 1230. The zero-order chi connectivity index (χ0) is 25.8. The van der Waals surface area contributed by atoms with Crippen molar-refractivity contribution in [3.8, 4) is 0 Å². The first-order chi connectivity index (χ1) is 17.3. The number of carbonyl (C=O) groups is 3. The Kier molecular flexibility index (Phi) is 7.94. The Morgan fingerprint density at radius 2 is 2.25 bits per heavy atom. The number of aliphatic carboxylic acids is 1. The number of carboxylic acids is 1. The van der Waals surface area contributed by atoms with E-state index in [2.05, 4.69) is 31.0 Å². The van der Waals surface area contributed by atoms with E-state index in [4.69, 9.17) is 16.4 Å². The molecular formula is C18H22N10O5S3. The van der Waals surface area contributed by atoms with Crippen LogP contribution in [0.1, 0.15) is 25.5 Å². The standard InChI is InChI=1S/C18H22N10O5S3/c1-2-3-4-33-24-10(9-7-35-17(19)21-9)13(29)22-11-14(30)27-12(16(31)32)8(5-34-15(11)27)6-36-18-23-25-26-28(18)20/h7,11,15H,2-6,20H2,1H3,(H2,19,21)(H,22,29)(H,31,32)/b24-10+/t11-,15-/m1/s1. The highest BCUT2D eigenvalue weighted by Gasteiger charge is 2.54. The number of nitrogens with one attached hydrogen (secondary N) is 1. The van der Waals surface area contributed by atoms with Crippen LogP contribution >= 0.6 is 34.9 Å². The van der Waals surface area contributed by atoms with Gasteiger partial charge in [-0.1, -0.05) is 35.4 Å². The fourth-order valence-electron chi connectivity index (χ4n) is 3.36. The number of amides is 2. The lowest BCUT2D eigenvalue weighted by molar-refractivity contribution is -0.150. The van der Waals surface area contributed by atoms with Crippen molar-refractivity contribution in [2.75, 3.05) is 29.7 Å². The summed E-state index contributed by atoms with van der Waals surface area (Å²) < 4.78 is 0. The molecular weight excluding hydrogens is 532 g/mol. The van der Waals surface area contributed by atoms with Crippen molar-refractivity contribution in [3.05, 3.63) is 22.3 Å². The van der Waals surface area contributed by atoms with Crippen LogP contribution < -0.4 is 16.9 Å². The molecule has 6 N–H and O–H groups in total. The number of carbonyl (C=O) groups excluding carboxylic acids is 2. The minimum Gasteiger partial charge on any atom is -0.477 e. The van der Waals surface area contributed by atoms with E-state index in [0.29, 0.717) is 23.1 Å². The molecule has 0 saturated carbocycles. The predicted molar refractivity (Wildman–Crippen MR) is 132 cm³/mol. The lowest BCUT2D eigenvalue weighted by Crippen LogP contribution is -2.71. The fourth-order valence-corrected chi connectivity index (χ4v) is 6.18. The van der Waals surface area contributed by atoms with E-state index in [1.807, 2.05) is 6.92 Å². The van der Waals surface area contributed by atoms with Gasteiger partial charge in [-0.25, -0.2) is 9.78 Å². The highest BCUT2D eigenvalue weighted by Crippen LogP contribution is 2.41. The summed E-state index contributed by atoms with van der Waals surface area (Å²) in [5.74, 6) is 3.68. The molecule has 1 saturated heterocycles. The van der Waals surface area contributed by atoms with Gasteiger partial charge in [-0.05, 0) is 22.4 Å². The van der Waals surface area contributed by atoms with Crippen LogP contribution in [0.25, 0.3) is 0 Å². The molecule has 0 spiro atoms. The third kappa shape index (κ3) is 5.24. The Morgan fingerprint density at radius 3 is 2.89 bits per heavy atom. The number of tetrazole rings is 1. The van der Waals surface area contributed by atoms with Gasteiger partial charge in [0.15, 0.2) is 10.8 Å². The molecule has 0 radical (unpaired) electrons. The number of β-lactam (4-membered cyclic amide) rings is 1. The van der Waals surface area contributed by atoms with Crippen molar-refractivity contribution in [2.24, 2.45) is 5.16 Å². The summed E-state index contributed by atoms with van der Waals surface area (Å²) >= 11 is 3.62. The molecule has 36 heavy (non-hydrogen) atoms. The molecule has 2 aliphatic heterocycles. The van der Waals surface area contributed by atoms with Gasteiger partial charge in [0.2, 0.25) is 5.16 Å². The van der Waals surface area contributed by atoms with Gasteiger partial charge >= 0.3 is 5.97 Å². The van der Waals surface area contributed by atoms with E-state index in [9.17, 15) is 19.5 Å². The van der Waals surface area contributed by atoms with Gasteiger partial charge in [0.25, 0.3) is 11.8 Å². The molecule has 2 atom stereocenters. The van der Waals surface area contributed by atoms with Gasteiger partial charge in [0.05, 0.1) is 0 Å². The highest BCUT2D eigenvalue weighted by atomic mass is 32.2. The largest absolute Gasteiger partial charge is 0.477 e. The van der Waals surface area contributed by atoms with Crippen molar-refractivity contribution in [3.63, 3.8) is 0 Å². The van der Waals surface area contributed by atoms with Crippen LogP contribution in [0.5, 0.6) is 0 Å². The first-order valence-corrected chi connectivity index (χ1v) is 13.5. The van der Waals surface area contributed by atoms with Gasteiger partial charge in [-0.3, -0.25) is 14.5 Å². The maximum atomic E-state index is 13.0. The highest BCUT2D eigenvalue weighted by molar-refractivity contribution is 8.01. The topological polar surface area (TPSA) is 217 Å².